The summed E-state index contributed by atoms with van der Waals surface area (Å²) in [5, 5.41) is 0. The zero-order valence-electron chi connectivity index (χ0n) is 31.1. The Bertz CT molecular complexity index is 1740. The third kappa shape index (κ3) is 12.5. The molecule has 3 aliphatic heterocycles. The number of hydrogen-bond donors (Lipinski definition) is 0. The molecule has 3 heterocycles. The molecule has 0 aromatic heterocycles. The standard InChI is InChI=1S/C14H17BrF2N2.C13H16BrF2NO.C12H13BrF2N2O/c15-10-7-13(16)12(14(17)8-10)9-18-3-5-19(6-4-18)11-1-2-11;1-13(2)8-18-4-3-17(13)7-10-11(15)5-9(14)6-12(10)16;1-16-2-3-17(7-12(16)18)6-9-10(14)4-8(13)5-11(9)15/h7-8,11H,1-6,9H2;5-6H,3-4,7-8H2,1-2H3;4-5H,2-3,6-7H2,1H3. The Labute approximate surface area is 344 Å². The van der Waals surface area contributed by atoms with E-state index in [0.717, 1.165) is 32.2 Å². The lowest BCUT2D eigenvalue weighted by Gasteiger charge is -2.42. The van der Waals surface area contributed by atoms with Gasteiger partial charge in [0.2, 0.25) is 5.91 Å². The highest BCUT2D eigenvalue weighted by Crippen LogP contribution is 2.29. The summed E-state index contributed by atoms with van der Waals surface area (Å²) >= 11 is 9.22. The smallest absolute Gasteiger partial charge is 0.236 e. The van der Waals surface area contributed by atoms with E-state index in [-0.39, 0.29) is 47.8 Å². The molecule has 16 heteroatoms. The van der Waals surface area contributed by atoms with Crippen molar-refractivity contribution in [2.75, 3.05) is 72.6 Å². The van der Waals surface area contributed by atoms with Crippen molar-refractivity contribution in [3.8, 4) is 0 Å². The zero-order chi connectivity index (χ0) is 40.0. The van der Waals surface area contributed by atoms with Gasteiger partial charge in [0.15, 0.2) is 0 Å². The van der Waals surface area contributed by atoms with Crippen molar-refractivity contribution >= 4 is 53.7 Å². The van der Waals surface area contributed by atoms with Gasteiger partial charge in [-0.15, -0.1) is 0 Å². The van der Waals surface area contributed by atoms with Crippen LogP contribution >= 0.6 is 47.8 Å². The van der Waals surface area contributed by atoms with Crippen LogP contribution in [0.5, 0.6) is 0 Å². The summed E-state index contributed by atoms with van der Waals surface area (Å²) in [6.07, 6.45) is 2.63. The summed E-state index contributed by atoms with van der Waals surface area (Å²) in [6, 6.07) is 8.51. The number of benzene rings is 3. The van der Waals surface area contributed by atoms with Crippen molar-refractivity contribution < 1.29 is 35.9 Å². The molecule has 4 aliphatic rings. The number of carbonyl (C=O) groups is 1. The van der Waals surface area contributed by atoms with Crippen molar-refractivity contribution in [1.29, 1.82) is 0 Å². The lowest BCUT2D eigenvalue weighted by Crippen LogP contribution is -2.52. The monoisotopic (exact) mass is 967 g/mol. The molecular weight excluding hydrogens is 924 g/mol. The highest BCUT2D eigenvalue weighted by Gasteiger charge is 2.33. The number of piperazine rings is 2. The number of hydrogen-bond acceptors (Lipinski definition) is 6. The highest BCUT2D eigenvalue weighted by molar-refractivity contribution is 9.11. The first kappa shape index (κ1) is 44.1. The van der Waals surface area contributed by atoms with Crippen LogP contribution in [0.1, 0.15) is 43.4 Å². The molecule has 1 saturated carbocycles. The van der Waals surface area contributed by atoms with Crippen LogP contribution in [0, 0.1) is 34.9 Å². The van der Waals surface area contributed by atoms with Crippen molar-refractivity contribution in [3.05, 3.63) is 101 Å². The average molecular weight is 971 g/mol. The molecule has 4 fully saturated rings. The maximum atomic E-state index is 13.8. The summed E-state index contributed by atoms with van der Waals surface area (Å²) < 4.78 is 89.1. The van der Waals surface area contributed by atoms with E-state index in [2.05, 4.69) is 57.6 Å². The minimum Gasteiger partial charge on any atom is -0.378 e. The molecule has 0 bridgehead atoms. The Kier molecular flexibility index (Phi) is 15.7. The number of amides is 1. The van der Waals surface area contributed by atoms with E-state index in [4.69, 9.17) is 4.74 Å². The van der Waals surface area contributed by atoms with E-state index in [1.165, 1.54) is 49.2 Å². The number of halogens is 9. The van der Waals surface area contributed by atoms with E-state index >= 15 is 0 Å². The molecule has 1 aliphatic carbocycles. The summed E-state index contributed by atoms with van der Waals surface area (Å²) in [6.45, 7) is 11.9. The maximum Gasteiger partial charge on any atom is 0.236 e. The number of rotatable bonds is 7. The molecule has 7 rings (SSSR count). The molecular formula is C39H46Br3F6N5O2. The van der Waals surface area contributed by atoms with Crippen LogP contribution in [0.15, 0.2) is 49.8 Å². The fourth-order valence-corrected chi connectivity index (χ4v) is 7.87. The number of nitrogens with zero attached hydrogens (tertiary/aromatic N) is 5. The summed E-state index contributed by atoms with van der Waals surface area (Å²) in [5.41, 5.74) is 0.108. The van der Waals surface area contributed by atoms with Crippen LogP contribution in [0.2, 0.25) is 0 Å². The second-order valence-corrected chi connectivity index (χ2v) is 17.6. The lowest BCUT2D eigenvalue weighted by molar-refractivity contribution is -0.134. The van der Waals surface area contributed by atoms with Gasteiger partial charge in [-0.2, -0.15) is 0 Å². The van der Waals surface area contributed by atoms with E-state index in [1.807, 2.05) is 18.7 Å². The highest BCUT2D eigenvalue weighted by atomic mass is 79.9. The molecule has 3 aromatic rings. The first-order valence-electron chi connectivity index (χ1n) is 18.2. The zero-order valence-corrected chi connectivity index (χ0v) is 35.9. The molecule has 7 nitrogen and oxygen atoms in total. The maximum absolute atomic E-state index is 13.8. The first-order valence-corrected chi connectivity index (χ1v) is 20.5. The van der Waals surface area contributed by atoms with Gasteiger partial charge < -0.3 is 9.64 Å². The molecule has 3 saturated heterocycles. The number of likely N-dealkylation sites (N-methyl/N-ethyl adjacent to an activating group) is 1. The van der Waals surface area contributed by atoms with Gasteiger partial charge in [-0.05, 0) is 63.1 Å². The van der Waals surface area contributed by atoms with Gasteiger partial charge in [0.25, 0.3) is 0 Å². The minimum absolute atomic E-state index is 0.00977. The van der Waals surface area contributed by atoms with Crippen molar-refractivity contribution in [3.63, 3.8) is 0 Å². The normalized spacial score (nSPS) is 19.8. The van der Waals surface area contributed by atoms with Crippen LogP contribution in [-0.4, -0.2) is 115 Å². The van der Waals surface area contributed by atoms with Gasteiger partial charge in [0, 0.05) is 114 Å². The van der Waals surface area contributed by atoms with Gasteiger partial charge in [-0.3, -0.25) is 24.4 Å². The molecule has 3 aromatic carbocycles. The first-order chi connectivity index (χ1) is 26.0. The molecule has 55 heavy (non-hydrogen) atoms. The summed E-state index contributed by atoms with van der Waals surface area (Å²) in [4.78, 5) is 21.5. The molecule has 302 valence electrons. The molecule has 0 N–H and O–H groups in total. The Balaban J connectivity index is 0.000000158. The van der Waals surface area contributed by atoms with Crippen molar-refractivity contribution in [2.45, 2.75) is 57.9 Å². The van der Waals surface area contributed by atoms with Crippen LogP contribution in [0.4, 0.5) is 26.3 Å². The Hall–Kier alpha value is -2.05. The SMILES string of the molecule is CC1(C)COCCN1Cc1c(F)cc(Br)cc1F.CN1CCN(Cc2c(F)cc(Br)cc2F)CC1=O.Fc1cc(Br)cc(F)c1CN1CCN(C2CC2)CC1. The summed E-state index contributed by atoms with van der Waals surface area (Å²) in [5.74, 6) is -3.15. The van der Waals surface area contributed by atoms with E-state index in [1.54, 1.807) is 16.8 Å². The quantitative estimate of drug-likeness (QED) is 0.222. The molecule has 0 radical (unpaired) electrons. The lowest BCUT2D eigenvalue weighted by atomic mass is 10.0. The Morgan fingerprint density at radius 3 is 1.47 bits per heavy atom. The fourth-order valence-electron chi connectivity index (χ4n) is 6.66. The Morgan fingerprint density at radius 1 is 0.636 bits per heavy atom. The van der Waals surface area contributed by atoms with Crippen LogP contribution in [0.25, 0.3) is 0 Å². The molecule has 0 atom stereocenters. The number of morpholine rings is 1. The fraction of sp³-hybridized carbons (Fsp3) is 0.513. The molecule has 0 spiro atoms. The second kappa shape index (κ2) is 19.6. The van der Waals surface area contributed by atoms with Gasteiger partial charge in [-0.1, -0.05) is 47.8 Å². The number of carbonyl (C=O) groups excluding carboxylic acids is 1. The van der Waals surface area contributed by atoms with Gasteiger partial charge in [-0.25, -0.2) is 26.3 Å². The van der Waals surface area contributed by atoms with Crippen LogP contribution in [-0.2, 0) is 29.2 Å². The van der Waals surface area contributed by atoms with Crippen molar-refractivity contribution in [2.24, 2.45) is 0 Å². The largest absolute Gasteiger partial charge is 0.378 e. The number of ether oxygens (including phenoxy) is 1. The van der Waals surface area contributed by atoms with Gasteiger partial charge >= 0.3 is 0 Å². The van der Waals surface area contributed by atoms with E-state index in [9.17, 15) is 31.1 Å². The van der Waals surface area contributed by atoms with E-state index < -0.39 is 34.9 Å². The summed E-state index contributed by atoms with van der Waals surface area (Å²) in [7, 11) is 1.72. The van der Waals surface area contributed by atoms with Crippen LogP contribution in [0.3, 0.4) is 0 Å². The van der Waals surface area contributed by atoms with Crippen molar-refractivity contribution in [1.82, 2.24) is 24.5 Å². The third-order valence-corrected chi connectivity index (χ3v) is 11.6. The predicted molar refractivity (Wildman–Crippen MR) is 210 cm³/mol. The van der Waals surface area contributed by atoms with Gasteiger partial charge in [0.1, 0.15) is 34.9 Å². The predicted octanol–water partition coefficient (Wildman–Crippen LogP) is 8.35. The third-order valence-electron chi connectivity index (χ3n) is 10.3. The topological polar surface area (TPSA) is 42.5 Å². The molecule has 0 unspecified atom stereocenters. The average Bonchev–Trinajstić information content (AvgIpc) is 3.95. The van der Waals surface area contributed by atoms with E-state index in [0.29, 0.717) is 52.8 Å². The minimum atomic E-state index is -0.590. The van der Waals surface area contributed by atoms with Crippen LogP contribution < -0.4 is 0 Å². The van der Waals surface area contributed by atoms with Gasteiger partial charge in [0.05, 0.1) is 19.8 Å². The second-order valence-electron chi connectivity index (χ2n) is 14.9. The Morgan fingerprint density at radius 2 is 1.05 bits per heavy atom. The molecule has 1 amide bonds.